The third-order valence-electron chi connectivity index (χ3n) is 5.26. The van der Waals surface area contributed by atoms with Crippen molar-refractivity contribution in [2.45, 2.75) is 0 Å². The Morgan fingerprint density at radius 3 is 1.90 bits per heavy atom. The summed E-state index contributed by atoms with van der Waals surface area (Å²) in [7, 11) is 0. The lowest BCUT2D eigenvalue weighted by atomic mass is 9.83. The van der Waals surface area contributed by atoms with Crippen LogP contribution in [0.1, 0.15) is 31.8 Å². The predicted molar refractivity (Wildman–Crippen MR) is 116 cm³/mol. The molecule has 0 fully saturated rings. The van der Waals surface area contributed by atoms with Crippen molar-refractivity contribution in [1.29, 1.82) is 0 Å². The molecule has 30 heavy (non-hydrogen) atoms. The minimum Gasteiger partial charge on any atom is -0.457 e. The molecule has 0 atom stereocenters. The number of carbonyl (C=O) groups excluding carboxylic acids is 2. The Balaban J connectivity index is 1.52. The second kappa shape index (κ2) is 7.01. The molecular formula is C26H17NO3. The van der Waals surface area contributed by atoms with Crippen LogP contribution in [0.25, 0.3) is 11.1 Å². The van der Waals surface area contributed by atoms with Gasteiger partial charge >= 0.3 is 0 Å². The van der Waals surface area contributed by atoms with Gasteiger partial charge in [-0.3, -0.25) is 9.59 Å². The van der Waals surface area contributed by atoms with E-state index in [0.29, 0.717) is 28.3 Å². The van der Waals surface area contributed by atoms with Crippen molar-refractivity contribution in [3.8, 4) is 22.6 Å². The number of anilines is 1. The Kier molecular flexibility index (Phi) is 4.18. The van der Waals surface area contributed by atoms with E-state index in [-0.39, 0.29) is 22.7 Å². The van der Waals surface area contributed by atoms with Gasteiger partial charge in [-0.25, -0.2) is 0 Å². The van der Waals surface area contributed by atoms with Crippen LogP contribution in [-0.2, 0) is 0 Å². The fourth-order valence-corrected chi connectivity index (χ4v) is 3.79. The zero-order valence-corrected chi connectivity index (χ0v) is 16.0. The molecule has 2 N–H and O–H groups in total. The summed E-state index contributed by atoms with van der Waals surface area (Å²) in [5.74, 6) is 0.416. The van der Waals surface area contributed by atoms with E-state index in [1.807, 2.05) is 54.6 Å². The van der Waals surface area contributed by atoms with E-state index in [1.165, 1.54) is 0 Å². The number of hydrogen-bond donors (Lipinski definition) is 1. The van der Waals surface area contributed by atoms with E-state index in [1.54, 1.807) is 36.4 Å². The van der Waals surface area contributed by atoms with Crippen LogP contribution in [0.3, 0.4) is 0 Å². The van der Waals surface area contributed by atoms with E-state index in [2.05, 4.69) is 0 Å². The molecule has 1 aliphatic carbocycles. The topological polar surface area (TPSA) is 69.4 Å². The number of nitrogens with two attached hydrogens (primary N) is 1. The molecule has 4 nitrogen and oxygen atoms in total. The average molecular weight is 391 g/mol. The predicted octanol–water partition coefficient (Wildman–Crippen LogP) is 5.50. The Morgan fingerprint density at radius 1 is 0.567 bits per heavy atom. The number of fused-ring (bicyclic) bond motifs is 2. The molecule has 0 radical (unpaired) electrons. The maximum atomic E-state index is 13.2. The van der Waals surface area contributed by atoms with Crippen LogP contribution in [0.15, 0.2) is 91.0 Å². The fourth-order valence-electron chi connectivity index (χ4n) is 3.79. The van der Waals surface area contributed by atoms with E-state index in [4.69, 9.17) is 10.5 Å². The first-order valence-electron chi connectivity index (χ1n) is 9.58. The molecule has 144 valence electrons. The van der Waals surface area contributed by atoms with Crippen LogP contribution in [0.5, 0.6) is 11.5 Å². The first kappa shape index (κ1) is 17.9. The van der Waals surface area contributed by atoms with Crippen LogP contribution in [0.2, 0.25) is 0 Å². The van der Waals surface area contributed by atoms with Gasteiger partial charge in [0.2, 0.25) is 0 Å². The molecule has 5 rings (SSSR count). The van der Waals surface area contributed by atoms with Gasteiger partial charge in [0.05, 0.1) is 11.1 Å². The maximum Gasteiger partial charge on any atom is 0.198 e. The number of nitrogen functional groups attached to an aromatic ring is 1. The summed E-state index contributed by atoms with van der Waals surface area (Å²) < 4.78 is 6.03. The van der Waals surface area contributed by atoms with Crippen LogP contribution >= 0.6 is 0 Å². The third kappa shape index (κ3) is 2.86. The van der Waals surface area contributed by atoms with E-state index < -0.39 is 0 Å². The van der Waals surface area contributed by atoms with Crippen molar-refractivity contribution in [2.75, 3.05) is 5.73 Å². The number of carbonyl (C=O) groups is 2. The van der Waals surface area contributed by atoms with Crippen LogP contribution in [0, 0.1) is 0 Å². The second-order valence-electron chi connectivity index (χ2n) is 7.10. The van der Waals surface area contributed by atoms with Crippen molar-refractivity contribution in [3.05, 3.63) is 113 Å². The summed E-state index contributed by atoms with van der Waals surface area (Å²) in [5, 5.41) is 0. The highest BCUT2D eigenvalue weighted by atomic mass is 16.5. The summed E-state index contributed by atoms with van der Waals surface area (Å²) in [4.78, 5) is 26.2. The lowest BCUT2D eigenvalue weighted by Crippen LogP contribution is -2.22. The highest BCUT2D eigenvalue weighted by Gasteiger charge is 2.33. The van der Waals surface area contributed by atoms with E-state index >= 15 is 0 Å². The zero-order valence-electron chi connectivity index (χ0n) is 16.0. The summed E-state index contributed by atoms with van der Waals surface area (Å²) in [6, 6.07) is 27.6. The average Bonchev–Trinajstić information content (AvgIpc) is 2.78. The third-order valence-corrected chi connectivity index (χ3v) is 5.26. The van der Waals surface area contributed by atoms with Gasteiger partial charge in [0.25, 0.3) is 0 Å². The standard InChI is InChI=1S/C26H17NO3/c27-21-10-4-8-19-23(21)25(28)20-9-5-11-22(24(20)26(19)29)30-18-14-12-17(13-15-18)16-6-2-1-3-7-16/h1-15H,27H2. The van der Waals surface area contributed by atoms with Crippen molar-refractivity contribution >= 4 is 17.3 Å². The second-order valence-corrected chi connectivity index (χ2v) is 7.10. The van der Waals surface area contributed by atoms with Crippen molar-refractivity contribution in [3.63, 3.8) is 0 Å². The van der Waals surface area contributed by atoms with Gasteiger partial charge in [-0.2, -0.15) is 0 Å². The van der Waals surface area contributed by atoms with Gasteiger partial charge in [0, 0.05) is 16.8 Å². The van der Waals surface area contributed by atoms with Crippen LogP contribution in [-0.4, -0.2) is 11.6 Å². The fraction of sp³-hybridized carbons (Fsp3) is 0. The molecule has 4 aromatic rings. The molecule has 0 spiro atoms. The smallest absolute Gasteiger partial charge is 0.198 e. The first-order valence-corrected chi connectivity index (χ1v) is 9.58. The largest absolute Gasteiger partial charge is 0.457 e. The lowest BCUT2D eigenvalue weighted by molar-refractivity contribution is 0.0977. The highest BCUT2D eigenvalue weighted by Crippen LogP contribution is 2.37. The summed E-state index contributed by atoms with van der Waals surface area (Å²) in [6.07, 6.45) is 0. The summed E-state index contributed by atoms with van der Waals surface area (Å²) in [6.45, 7) is 0. The molecule has 0 aromatic heterocycles. The van der Waals surface area contributed by atoms with Gasteiger partial charge in [0.1, 0.15) is 11.5 Å². The maximum absolute atomic E-state index is 13.2. The summed E-state index contributed by atoms with van der Waals surface area (Å²) in [5.41, 5.74) is 9.60. The van der Waals surface area contributed by atoms with Crippen molar-refractivity contribution < 1.29 is 14.3 Å². The number of benzene rings is 4. The van der Waals surface area contributed by atoms with Gasteiger partial charge < -0.3 is 10.5 Å². The molecule has 0 heterocycles. The van der Waals surface area contributed by atoms with Crippen LogP contribution < -0.4 is 10.5 Å². The zero-order chi connectivity index (χ0) is 20.7. The lowest BCUT2D eigenvalue weighted by Gasteiger charge is -2.21. The Hall–Kier alpha value is -4.18. The number of ketones is 2. The van der Waals surface area contributed by atoms with Crippen LogP contribution in [0.4, 0.5) is 5.69 Å². The molecule has 1 aliphatic rings. The molecule has 0 saturated heterocycles. The number of ether oxygens (including phenoxy) is 1. The quantitative estimate of drug-likeness (QED) is 0.412. The molecule has 0 amide bonds. The Labute approximate surface area is 173 Å². The molecule has 4 aromatic carbocycles. The van der Waals surface area contributed by atoms with Crippen molar-refractivity contribution in [2.24, 2.45) is 0 Å². The Morgan fingerprint density at radius 2 is 1.17 bits per heavy atom. The van der Waals surface area contributed by atoms with Gasteiger partial charge in [-0.05, 0) is 35.4 Å². The molecule has 4 heteroatoms. The summed E-state index contributed by atoms with van der Waals surface area (Å²) >= 11 is 0. The monoisotopic (exact) mass is 391 g/mol. The minimum absolute atomic E-state index is 0.261. The highest BCUT2D eigenvalue weighted by molar-refractivity contribution is 6.30. The first-order chi connectivity index (χ1) is 14.6. The Bertz CT molecular complexity index is 1290. The van der Waals surface area contributed by atoms with Gasteiger partial charge in [-0.15, -0.1) is 0 Å². The van der Waals surface area contributed by atoms with Gasteiger partial charge in [0.15, 0.2) is 11.6 Å². The molecule has 0 unspecified atom stereocenters. The van der Waals surface area contributed by atoms with Crippen molar-refractivity contribution in [1.82, 2.24) is 0 Å². The molecule has 0 saturated carbocycles. The van der Waals surface area contributed by atoms with Gasteiger partial charge in [-0.1, -0.05) is 66.7 Å². The minimum atomic E-state index is -0.262. The van der Waals surface area contributed by atoms with E-state index in [9.17, 15) is 9.59 Å². The van der Waals surface area contributed by atoms with E-state index in [0.717, 1.165) is 11.1 Å². The SMILES string of the molecule is Nc1cccc2c1C(=O)c1cccc(Oc3ccc(-c4ccccc4)cc3)c1C2=O. The molecule has 0 aliphatic heterocycles. The number of rotatable bonds is 3. The number of hydrogen-bond acceptors (Lipinski definition) is 4. The molecular weight excluding hydrogens is 374 g/mol. The molecule has 0 bridgehead atoms. The normalized spacial score (nSPS) is 12.3.